The van der Waals surface area contributed by atoms with E-state index in [1.165, 1.54) is 0 Å². The highest BCUT2D eigenvalue weighted by Crippen LogP contribution is 2.11. The summed E-state index contributed by atoms with van der Waals surface area (Å²) in [4.78, 5) is 36.4. The molecule has 1 heterocycles. The van der Waals surface area contributed by atoms with Crippen LogP contribution in [0.4, 0.5) is 5.69 Å². The van der Waals surface area contributed by atoms with Crippen LogP contribution in [0.2, 0.25) is 0 Å². The minimum absolute atomic E-state index is 0.122. The van der Waals surface area contributed by atoms with Crippen LogP contribution in [0, 0.1) is 0 Å². The molecule has 1 aromatic rings. The lowest BCUT2D eigenvalue weighted by atomic mass is 10.0. The summed E-state index contributed by atoms with van der Waals surface area (Å²) in [5.74, 6) is -0.686. The zero-order chi connectivity index (χ0) is 18.1. The molecule has 2 rings (SSSR count). The first-order chi connectivity index (χ1) is 12.1. The fraction of sp³-hybridized carbons (Fsp3) is 0.421. The molecular formula is C19H25N3O3. The van der Waals surface area contributed by atoms with Crippen LogP contribution in [-0.4, -0.2) is 29.8 Å². The van der Waals surface area contributed by atoms with Crippen LogP contribution < -0.4 is 16.0 Å². The average molecular weight is 343 g/mol. The number of unbranched alkanes of at least 4 members (excludes halogenated alkanes) is 1. The Kier molecular flexibility index (Phi) is 7.19. The molecule has 0 unspecified atom stereocenters. The van der Waals surface area contributed by atoms with Crippen LogP contribution >= 0.6 is 0 Å². The number of rotatable bonds is 8. The first-order valence-corrected chi connectivity index (χ1v) is 8.66. The van der Waals surface area contributed by atoms with E-state index < -0.39 is 12.1 Å². The molecule has 0 aromatic heterocycles. The van der Waals surface area contributed by atoms with Gasteiger partial charge in [-0.2, -0.15) is 0 Å². The molecule has 134 valence electrons. The lowest BCUT2D eigenvalue weighted by molar-refractivity contribution is -0.132. The Labute approximate surface area is 148 Å². The SMILES string of the molecule is C=CCCC[C@H](NC(=O)[C@H]1CCCC(=O)N1)C(=O)Nc1ccccc1. The van der Waals surface area contributed by atoms with Gasteiger partial charge >= 0.3 is 0 Å². The van der Waals surface area contributed by atoms with Gasteiger partial charge in [0.15, 0.2) is 0 Å². The first kappa shape index (κ1) is 18.7. The Bertz CT molecular complexity index is 616. The van der Waals surface area contributed by atoms with Crippen molar-refractivity contribution in [3.8, 4) is 0 Å². The molecule has 3 N–H and O–H groups in total. The molecule has 6 nitrogen and oxygen atoms in total. The molecule has 0 saturated carbocycles. The number of carbonyl (C=O) groups excluding carboxylic acids is 3. The van der Waals surface area contributed by atoms with Gasteiger partial charge in [0.2, 0.25) is 17.7 Å². The molecule has 3 amide bonds. The number of hydrogen-bond acceptors (Lipinski definition) is 3. The third kappa shape index (κ3) is 6.06. The highest BCUT2D eigenvalue weighted by atomic mass is 16.2. The summed E-state index contributed by atoms with van der Waals surface area (Å²) >= 11 is 0. The summed E-state index contributed by atoms with van der Waals surface area (Å²) in [6.07, 6.45) is 5.53. The van der Waals surface area contributed by atoms with Crippen LogP contribution in [0.3, 0.4) is 0 Å². The Balaban J connectivity index is 1.98. The molecule has 0 aliphatic carbocycles. The Morgan fingerprint density at radius 2 is 2.08 bits per heavy atom. The maximum atomic E-state index is 12.6. The van der Waals surface area contributed by atoms with Gasteiger partial charge in [-0.05, 0) is 44.2 Å². The number of anilines is 1. The van der Waals surface area contributed by atoms with Crippen molar-refractivity contribution in [3.63, 3.8) is 0 Å². The van der Waals surface area contributed by atoms with Crippen LogP contribution in [0.15, 0.2) is 43.0 Å². The highest BCUT2D eigenvalue weighted by Gasteiger charge is 2.28. The van der Waals surface area contributed by atoms with Gasteiger partial charge in [0.05, 0.1) is 0 Å². The zero-order valence-electron chi connectivity index (χ0n) is 14.3. The van der Waals surface area contributed by atoms with Gasteiger partial charge in [-0.15, -0.1) is 6.58 Å². The van der Waals surface area contributed by atoms with Crippen LogP contribution in [0.1, 0.15) is 38.5 Å². The first-order valence-electron chi connectivity index (χ1n) is 8.66. The zero-order valence-corrected chi connectivity index (χ0v) is 14.3. The quantitative estimate of drug-likeness (QED) is 0.499. The van der Waals surface area contributed by atoms with E-state index in [0.717, 1.165) is 12.8 Å². The molecule has 6 heteroatoms. The number of hydrogen-bond donors (Lipinski definition) is 3. The highest BCUT2D eigenvalue weighted by molar-refractivity contribution is 5.98. The summed E-state index contributed by atoms with van der Waals surface area (Å²) in [5.41, 5.74) is 0.682. The van der Waals surface area contributed by atoms with Gasteiger partial charge in [0, 0.05) is 12.1 Å². The molecule has 1 saturated heterocycles. The number of carbonyl (C=O) groups is 3. The van der Waals surface area contributed by atoms with Crippen LogP contribution in [0.5, 0.6) is 0 Å². The predicted molar refractivity (Wildman–Crippen MR) is 96.8 cm³/mol. The monoisotopic (exact) mass is 343 g/mol. The maximum Gasteiger partial charge on any atom is 0.246 e. The molecular weight excluding hydrogens is 318 g/mol. The molecule has 0 radical (unpaired) electrons. The number of piperidine rings is 1. The number of para-hydroxylation sites is 1. The van der Waals surface area contributed by atoms with E-state index in [4.69, 9.17) is 0 Å². The summed E-state index contributed by atoms with van der Waals surface area (Å²) in [7, 11) is 0. The molecule has 1 fully saturated rings. The van der Waals surface area contributed by atoms with Gasteiger partial charge < -0.3 is 16.0 Å². The lowest BCUT2D eigenvalue weighted by Crippen LogP contribution is -2.53. The summed E-state index contributed by atoms with van der Waals surface area (Å²) in [6.45, 7) is 3.68. The van der Waals surface area contributed by atoms with Crippen LogP contribution in [0.25, 0.3) is 0 Å². The van der Waals surface area contributed by atoms with E-state index in [2.05, 4.69) is 22.5 Å². The van der Waals surface area contributed by atoms with Crippen molar-refractivity contribution in [2.45, 2.75) is 50.6 Å². The van der Waals surface area contributed by atoms with E-state index in [-0.39, 0.29) is 17.7 Å². The normalized spacial score (nSPS) is 17.9. The van der Waals surface area contributed by atoms with E-state index in [1.807, 2.05) is 18.2 Å². The Morgan fingerprint density at radius 1 is 1.32 bits per heavy atom. The molecule has 0 spiro atoms. The fourth-order valence-electron chi connectivity index (χ4n) is 2.76. The largest absolute Gasteiger partial charge is 0.344 e. The van der Waals surface area contributed by atoms with Crippen molar-refractivity contribution in [1.29, 1.82) is 0 Å². The number of allylic oxidation sites excluding steroid dienone is 1. The lowest BCUT2D eigenvalue weighted by Gasteiger charge is -2.25. The van der Waals surface area contributed by atoms with E-state index in [0.29, 0.717) is 31.4 Å². The molecule has 0 bridgehead atoms. The second kappa shape index (κ2) is 9.61. The van der Waals surface area contributed by atoms with E-state index in [9.17, 15) is 14.4 Å². The van der Waals surface area contributed by atoms with E-state index in [1.54, 1.807) is 18.2 Å². The summed E-state index contributed by atoms with van der Waals surface area (Å²) in [6, 6.07) is 7.91. The van der Waals surface area contributed by atoms with Crippen molar-refractivity contribution >= 4 is 23.4 Å². The Hall–Kier alpha value is -2.63. The van der Waals surface area contributed by atoms with Gasteiger partial charge in [-0.25, -0.2) is 0 Å². The summed E-state index contributed by atoms with van der Waals surface area (Å²) < 4.78 is 0. The number of amides is 3. The maximum absolute atomic E-state index is 12.6. The predicted octanol–water partition coefficient (Wildman–Crippen LogP) is 2.13. The van der Waals surface area contributed by atoms with Crippen LogP contribution in [-0.2, 0) is 14.4 Å². The molecule has 25 heavy (non-hydrogen) atoms. The molecule has 2 atom stereocenters. The minimum Gasteiger partial charge on any atom is -0.344 e. The van der Waals surface area contributed by atoms with Gasteiger partial charge in [0.1, 0.15) is 12.1 Å². The molecule has 1 aliphatic heterocycles. The topological polar surface area (TPSA) is 87.3 Å². The second-order valence-electron chi connectivity index (χ2n) is 6.15. The van der Waals surface area contributed by atoms with Crippen molar-refractivity contribution in [3.05, 3.63) is 43.0 Å². The van der Waals surface area contributed by atoms with Crippen molar-refractivity contribution in [2.75, 3.05) is 5.32 Å². The molecule has 1 aromatic carbocycles. The van der Waals surface area contributed by atoms with Gasteiger partial charge in [0.25, 0.3) is 0 Å². The smallest absolute Gasteiger partial charge is 0.246 e. The van der Waals surface area contributed by atoms with Gasteiger partial charge in [-0.3, -0.25) is 14.4 Å². The number of benzene rings is 1. The standard InChI is InChI=1S/C19H25N3O3/c1-2-3-5-11-16(18(24)20-14-9-6-4-7-10-14)22-19(25)15-12-8-13-17(23)21-15/h2,4,6-7,9-10,15-16H,1,3,5,8,11-13H2,(H,20,24)(H,21,23)(H,22,25)/t15-,16+/m1/s1. The fourth-order valence-corrected chi connectivity index (χ4v) is 2.76. The third-order valence-electron chi connectivity index (χ3n) is 4.12. The number of nitrogens with one attached hydrogen (secondary N) is 3. The Morgan fingerprint density at radius 3 is 2.76 bits per heavy atom. The third-order valence-corrected chi connectivity index (χ3v) is 4.12. The van der Waals surface area contributed by atoms with E-state index >= 15 is 0 Å². The minimum atomic E-state index is -0.647. The van der Waals surface area contributed by atoms with Crippen molar-refractivity contribution in [1.82, 2.24) is 10.6 Å². The second-order valence-corrected chi connectivity index (χ2v) is 6.15. The molecule has 1 aliphatic rings. The van der Waals surface area contributed by atoms with Crippen molar-refractivity contribution < 1.29 is 14.4 Å². The van der Waals surface area contributed by atoms with Crippen molar-refractivity contribution in [2.24, 2.45) is 0 Å². The van der Waals surface area contributed by atoms with Gasteiger partial charge in [-0.1, -0.05) is 24.3 Å². The average Bonchev–Trinajstić information content (AvgIpc) is 2.61. The summed E-state index contributed by atoms with van der Waals surface area (Å²) in [5, 5.41) is 8.28.